The minimum atomic E-state index is 0.0137. The van der Waals surface area contributed by atoms with Gasteiger partial charge in [-0.2, -0.15) is 5.10 Å². The molecule has 2 rings (SSSR count). The molecule has 0 amide bonds. The Morgan fingerprint density at radius 1 is 1.42 bits per heavy atom. The molecule has 4 nitrogen and oxygen atoms in total. The van der Waals surface area contributed by atoms with Gasteiger partial charge in [0.25, 0.3) is 0 Å². The van der Waals surface area contributed by atoms with Crippen molar-refractivity contribution in [2.45, 2.75) is 12.8 Å². The van der Waals surface area contributed by atoms with E-state index in [1.807, 2.05) is 42.9 Å². The third-order valence-corrected chi connectivity index (χ3v) is 3.43. The van der Waals surface area contributed by atoms with Gasteiger partial charge in [-0.05, 0) is 31.2 Å². The molecule has 1 unspecified atom stereocenters. The zero-order chi connectivity index (χ0) is 14.0. The van der Waals surface area contributed by atoms with Crippen LogP contribution in [0, 0.1) is 6.92 Å². The molecule has 1 atom stereocenters. The fourth-order valence-corrected chi connectivity index (χ4v) is 2.52. The summed E-state index contributed by atoms with van der Waals surface area (Å²) >= 11 is 6.09. The van der Waals surface area contributed by atoms with E-state index in [0.717, 1.165) is 22.7 Å². The van der Waals surface area contributed by atoms with E-state index in [4.69, 9.17) is 22.1 Å². The van der Waals surface area contributed by atoms with E-state index in [2.05, 4.69) is 5.10 Å². The van der Waals surface area contributed by atoms with Crippen LogP contribution in [0.3, 0.4) is 0 Å². The molecule has 1 heterocycles. The number of aromatic nitrogens is 2. The van der Waals surface area contributed by atoms with E-state index < -0.39 is 0 Å². The van der Waals surface area contributed by atoms with Crippen LogP contribution in [0.15, 0.2) is 24.3 Å². The molecule has 0 aliphatic heterocycles. The lowest BCUT2D eigenvalue weighted by molar-refractivity contribution is 0.407. The fourth-order valence-electron chi connectivity index (χ4n) is 2.34. The van der Waals surface area contributed by atoms with Crippen LogP contribution in [0.4, 0.5) is 0 Å². The molecule has 5 heteroatoms. The smallest absolute Gasteiger partial charge is 0.122 e. The number of ether oxygens (including phenoxy) is 1. The lowest BCUT2D eigenvalue weighted by Crippen LogP contribution is -2.17. The molecule has 0 fully saturated rings. The van der Waals surface area contributed by atoms with Crippen molar-refractivity contribution in [1.82, 2.24) is 9.78 Å². The van der Waals surface area contributed by atoms with Crippen molar-refractivity contribution in [1.29, 1.82) is 0 Å². The van der Waals surface area contributed by atoms with Gasteiger partial charge in [-0.3, -0.25) is 4.68 Å². The Balaban J connectivity index is 2.53. The highest BCUT2D eigenvalue weighted by Gasteiger charge is 2.20. The molecule has 2 aromatic rings. The normalized spacial score (nSPS) is 12.5. The second kappa shape index (κ2) is 5.63. The van der Waals surface area contributed by atoms with Crippen LogP contribution in [0.1, 0.15) is 22.9 Å². The van der Waals surface area contributed by atoms with Gasteiger partial charge in [0, 0.05) is 35.8 Å². The van der Waals surface area contributed by atoms with Crippen LogP contribution in [0.2, 0.25) is 5.02 Å². The SMILES string of the molecule is COc1ccc(Cl)cc1C(CN)c1cc(C)nn1C. The molecule has 102 valence electrons. The van der Waals surface area contributed by atoms with E-state index in [0.29, 0.717) is 11.6 Å². The molecule has 19 heavy (non-hydrogen) atoms. The van der Waals surface area contributed by atoms with Gasteiger partial charge in [0.05, 0.1) is 12.8 Å². The van der Waals surface area contributed by atoms with Gasteiger partial charge in [0.1, 0.15) is 5.75 Å². The summed E-state index contributed by atoms with van der Waals surface area (Å²) in [4.78, 5) is 0. The van der Waals surface area contributed by atoms with Crippen molar-refractivity contribution >= 4 is 11.6 Å². The predicted octanol–water partition coefficient (Wildman–Crippen LogP) is 2.48. The summed E-state index contributed by atoms with van der Waals surface area (Å²) in [7, 11) is 3.57. The van der Waals surface area contributed by atoms with E-state index >= 15 is 0 Å². The average molecular weight is 280 g/mol. The first-order valence-electron chi connectivity index (χ1n) is 6.11. The first kappa shape index (κ1) is 13.9. The molecule has 0 radical (unpaired) electrons. The van der Waals surface area contributed by atoms with Crippen LogP contribution >= 0.6 is 11.6 Å². The monoisotopic (exact) mass is 279 g/mol. The number of nitrogens with zero attached hydrogens (tertiary/aromatic N) is 2. The number of hydrogen-bond acceptors (Lipinski definition) is 3. The van der Waals surface area contributed by atoms with Gasteiger partial charge in [-0.1, -0.05) is 11.6 Å². The Hall–Kier alpha value is -1.52. The number of aryl methyl sites for hydroxylation is 2. The van der Waals surface area contributed by atoms with Crippen LogP contribution in [-0.2, 0) is 7.05 Å². The number of benzene rings is 1. The van der Waals surface area contributed by atoms with Gasteiger partial charge in [0.2, 0.25) is 0 Å². The van der Waals surface area contributed by atoms with E-state index in [9.17, 15) is 0 Å². The summed E-state index contributed by atoms with van der Waals surface area (Å²) < 4.78 is 7.26. The van der Waals surface area contributed by atoms with Crippen molar-refractivity contribution in [3.63, 3.8) is 0 Å². The molecule has 0 bridgehead atoms. The summed E-state index contributed by atoms with van der Waals surface area (Å²) in [5, 5.41) is 5.04. The Kier molecular flexibility index (Phi) is 4.12. The number of rotatable bonds is 4. The third-order valence-electron chi connectivity index (χ3n) is 3.20. The lowest BCUT2D eigenvalue weighted by atomic mass is 9.94. The van der Waals surface area contributed by atoms with E-state index in [1.165, 1.54) is 0 Å². The Bertz CT molecular complexity index is 580. The van der Waals surface area contributed by atoms with Crippen LogP contribution < -0.4 is 10.5 Å². The summed E-state index contributed by atoms with van der Waals surface area (Å²) in [6.07, 6.45) is 0. The maximum atomic E-state index is 6.09. The van der Waals surface area contributed by atoms with Crippen molar-refractivity contribution in [2.24, 2.45) is 12.8 Å². The van der Waals surface area contributed by atoms with Gasteiger partial charge < -0.3 is 10.5 Å². The first-order chi connectivity index (χ1) is 9.06. The van der Waals surface area contributed by atoms with Crippen molar-refractivity contribution in [2.75, 3.05) is 13.7 Å². The quantitative estimate of drug-likeness (QED) is 0.935. The minimum Gasteiger partial charge on any atom is -0.496 e. The molecule has 2 N–H and O–H groups in total. The maximum Gasteiger partial charge on any atom is 0.122 e. The summed E-state index contributed by atoms with van der Waals surface area (Å²) in [5.41, 5.74) is 8.96. The van der Waals surface area contributed by atoms with Gasteiger partial charge in [0.15, 0.2) is 0 Å². The molecule has 0 saturated heterocycles. The molecule has 0 spiro atoms. The molecule has 0 aliphatic carbocycles. The number of hydrogen-bond donors (Lipinski definition) is 1. The number of methoxy groups -OCH3 is 1. The lowest BCUT2D eigenvalue weighted by Gasteiger charge is -2.18. The summed E-state index contributed by atoms with van der Waals surface area (Å²) in [5.74, 6) is 0.804. The van der Waals surface area contributed by atoms with Crippen molar-refractivity contribution in [3.05, 3.63) is 46.2 Å². The molecular weight excluding hydrogens is 262 g/mol. The highest BCUT2D eigenvalue weighted by molar-refractivity contribution is 6.30. The number of halogens is 1. The third kappa shape index (κ3) is 2.74. The Morgan fingerprint density at radius 2 is 2.16 bits per heavy atom. The second-order valence-electron chi connectivity index (χ2n) is 4.51. The first-order valence-corrected chi connectivity index (χ1v) is 6.48. The predicted molar refractivity (Wildman–Crippen MR) is 76.8 cm³/mol. The minimum absolute atomic E-state index is 0.0137. The summed E-state index contributed by atoms with van der Waals surface area (Å²) in [6.45, 7) is 2.43. The Labute approximate surface area is 118 Å². The van der Waals surface area contributed by atoms with Crippen LogP contribution in [0.25, 0.3) is 0 Å². The zero-order valence-electron chi connectivity index (χ0n) is 11.4. The van der Waals surface area contributed by atoms with E-state index in [1.54, 1.807) is 7.11 Å². The van der Waals surface area contributed by atoms with Gasteiger partial charge >= 0.3 is 0 Å². The molecule has 1 aromatic carbocycles. The average Bonchev–Trinajstić information content (AvgIpc) is 2.70. The molecule has 1 aromatic heterocycles. The highest BCUT2D eigenvalue weighted by atomic mass is 35.5. The topological polar surface area (TPSA) is 53.1 Å². The fraction of sp³-hybridized carbons (Fsp3) is 0.357. The molecule has 0 aliphatic rings. The zero-order valence-corrected chi connectivity index (χ0v) is 12.1. The van der Waals surface area contributed by atoms with Gasteiger partial charge in [-0.25, -0.2) is 0 Å². The van der Waals surface area contributed by atoms with Crippen LogP contribution in [0.5, 0.6) is 5.75 Å². The maximum absolute atomic E-state index is 6.09. The molecule has 0 saturated carbocycles. The second-order valence-corrected chi connectivity index (χ2v) is 4.95. The highest BCUT2D eigenvalue weighted by Crippen LogP contribution is 2.33. The number of nitrogens with two attached hydrogens (primary N) is 1. The molecular formula is C14H18ClN3O. The van der Waals surface area contributed by atoms with Crippen molar-refractivity contribution in [3.8, 4) is 5.75 Å². The summed E-state index contributed by atoms with van der Waals surface area (Å²) in [6, 6.07) is 7.62. The standard InChI is InChI=1S/C14H18ClN3O/c1-9-6-13(18(2)17-9)12(8-16)11-7-10(15)4-5-14(11)19-3/h4-7,12H,8,16H2,1-3H3. The Morgan fingerprint density at radius 3 is 2.68 bits per heavy atom. The largest absolute Gasteiger partial charge is 0.496 e. The van der Waals surface area contributed by atoms with Crippen molar-refractivity contribution < 1.29 is 4.74 Å². The van der Waals surface area contributed by atoms with Crippen LogP contribution in [-0.4, -0.2) is 23.4 Å². The van der Waals surface area contributed by atoms with E-state index in [-0.39, 0.29) is 5.92 Å². The van der Waals surface area contributed by atoms with Gasteiger partial charge in [-0.15, -0.1) is 0 Å².